The minimum absolute atomic E-state index is 0.171. The summed E-state index contributed by atoms with van der Waals surface area (Å²) in [7, 11) is 0. The Bertz CT molecular complexity index is 583. The summed E-state index contributed by atoms with van der Waals surface area (Å²) in [6.45, 7) is 3.83. The molecule has 4 nitrogen and oxygen atoms in total. The minimum atomic E-state index is 0.171. The molecular formula is C16H19N3O. The van der Waals surface area contributed by atoms with E-state index in [-0.39, 0.29) is 6.10 Å². The monoisotopic (exact) mass is 269 g/mol. The Labute approximate surface area is 119 Å². The van der Waals surface area contributed by atoms with Gasteiger partial charge in [-0.05, 0) is 24.6 Å². The highest BCUT2D eigenvalue weighted by Crippen LogP contribution is 2.27. The molecule has 2 N–H and O–H groups in total. The molecule has 1 fully saturated rings. The SMILES string of the molecule is Cc1ccc(O[C@@H]2CCN(c3ccccc3N)C2)nc1. The van der Waals surface area contributed by atoms with Crippen molar-refractivity contribution in [2.24, 2.45) is 0 Å². The zero-order valence-corrected chi connectivity index (χ0v) is 11.6. The van der Waals surface area contributed by atoms with Crippen molar-refractivity contribution in [1.29, 1.82) is 0 Å². The quantitative estimate of drug-likeness (QED) is 0.870. The van der Waals surface area contributed by atoms with E-state index in [9.17, 15) is 0 Å². The van der Waals surface area contributed by atoms with Crippen LogP contribution in [0.4, 0.5) is 11.4 Å². The maximum Gasteiger partial charge on any atom is 0.213 e. The topological polar surface area (TPSA) is 51.4 Å². The van der Waals surface area contributed by atoms with Crippen molar-refractivity contribution in [2.75, 3.05) is 23.7 Å². The Kier molecular flexibility index (Phi) is 3.46. The molecule has 1 aliphatic rings. The van der Waals surface area contributed by atoms with Crippen molar-refractivity contribution in [1.82, 2.24) is 4.98 Å². The number of nitrogen functional groups attached to an aromatic ring is 1. The fourth-order valence-corrected chi connectivity index (χ4v) is 2.51. The number of aryl methyl sites for hydroxylation is 1. The molecule has 1 saturated heterocycles. The fraction of sp³-hybridized carbons (Fsp3) is 0.312. The van der Waals surface area contributed by atoms with E-state index >= 15 is 0 Å². The van der Waals surface area contributed by atoms with Gasteiger partial charge in [0.15, 0.2) is 0 Å². The first kappa shape index (κ1) is 12.8. The summed E-state index contributed by atoms with van der Waals surface area (Å²) in [5.74, 6) is 0.698. The molecule has 0 unspecified atom stereocenters. The van der Waals surface area contributed by atoms with Crippen LogP contribution in [0.15, 0.2) is 42.6 Å². The van der Waals surface area contributed by atoms with E-state index in [1.54, 1.807) is 0 Å². The molecule has 0 spiro atoms. The normalized spacial score (nSPS) is 18.2. The van der Waals surface area contributed by atoms with Crippen LogP contribution in [0, 0.1) is 6.92 Å². The van der Waals surface area contributed by atoms with E-state index in [1.807, 2.05) is 43.5 Å². The molecule has 1 atom stereocenters. The third-order valence-electron chi connectivity index (χ3n) is 3.59. The summed E-state index contributed by atoms with van der Waals surface area (Å²) in [6.07, 6.45) is 2.99. The number of nitrogens with two attached hydrogens (primary N) is 1. The highest BCUT2D eigenvalue weighted by Gasteiger charge is 2.25. The molecule has 0 aliphatic carbocycles. The second-order valence-corrected chi connectivity index (χ2v) is 5.21. The van der Waals surface area contributed by atoms with Crippen LogP contribution in [-0.2, 0) is 0 Å². The molecule has 2 heterocycles. The summed E-state index contributed by atoms with van der Waals surface area (Å²) in [5.41, 5.74) is 9.08. The third-order valence-corrected chi connectivity index (χ3v) is 3.59. The summed E-state index contributed by atoms with van der Waals surface area (Å²) >= 11 is 0. The van der Waals surface area contributed by atoms with Gasteiger partial charge in [-0.2, -0.15) is 0 Å². The molecule has 3 rings (SSSR count). The van der Waals surface area contributed by atoms with Crippen LogP contribution < -0.4 is 15.4 Å². The van der Waals surface area contributed by atoms with Gasteiger partial charge in [0.1, 0.15) is 6.10 Å². The minimum Gasteiger partial charge on any atom is -0.472 e. The number of ether oxygens (including phenoxy) is 1. The largest absolute Gasteiger partial charge is 0.472 e. The number of benzene rings is 1. The van der Waals surface area contributed by atoms with E-state index in [0.29, 0.717) is 5.88 Å². The number of nitrogens with zero attached hydrogens (tertiary/aromatic N) is 2. The van der Waals surface area contributed by atoms with Gasteiger partial charge in [-0.1, -0.05) is 18.2 Å². The Morgan fingerprint density at radius 3 is 2.85 bits per heavy atom. The number of pyridine rings is 1. The number of hydrogen-bond donors (Lipinski definition) is 1. The first-order valence-electron chi connectivity index (χ1n) is 6.91. The van der Waals surface area contributed by atoms with Crippen LogP contribution in [0.1, 0.15) is 12.0 Å². The zero-order chi connectivity index (χ0) is 13.9. The van der Waals surface area contributed by atoms with Crippen LogP contribution in [0.2, 0.25) is 0 Å². The van der Waals surface area contributed by atoms with E-state index in [1.165, 1.54) is 0 Å². The van der Waals surface area contributed by atoms with E-state index in [2.05, 4.69) is 16.0 Å². The van der Waals surface area contributed by atoms with Crippen LogP contribution in [0.3, 0.4) is 0 Å². The highest BCUT2D eigenvalue weighted by atomic mass is 16.5. The van der Waals surface area contributed by atoms with Gasteiger partial charge in [0, 0.05) is 25.2 Å². The molecule has 0 saturated carbocycles. The number of aromatic nitrogens is 1. The van der Waals surface area contributed by atoms with Crippen molar-refractivity contribution in [2.45, 2.75) is 19.4 Å². The van der Waals surface area contributed by atoms with Crippen LogP contribution in [-0.4, -0.2) is 24.2 Å². The van der Waals surface area contributed by atoms with Crippen LogP contribution in [0.5, 0.6) is 5.88 Å². The number of rotatable bonds is 3. The van der Waals surface area contributed by atoms with Crippen LogP contribution >= 0.6 is 0 Å². The lowest BCUT2D eigenvalue weighted by atomic mass is 10.2. The standard InChI is InChI=1S/C16H19N3O/c1-12-6-7-16(18-10-12)20-13-8-9-19(11-13)15-5-3-2-4-14(15)17/h2-7,10,13H,8-9,11,17H2,1H3/t13-/m1/s1. The Hall–Kier alpha value is -2.23. The van der Waals surface area contributed by atoms with E-state index in [0.717, 1.165) is 36.4 Å². The van der Waals surface area contributed by atoms with Crippen molar-refractivity contribution in [3.63, 3.8) is 0 Å². The Morgan fingerprint density at radius 1 is 1.25 bits per heavy atom. The van der Waals surface area contributed by atoms with Crippen molar-refractivity contribution in [3.8, 4) is 5.88 Å². The molecule has 4 heteroatoms. The van der Waals surface area contributed by atoms with Gasteiger partial charge in [-0.15, -0.1) is 0 Å². The summed E-state index contributed by atoms with van der Waals surface area (Å²) in [4.78, 5) is 6.56. The number of para-hydroxylation sites is 2. The number of hydrogen-bond acceptors (Lipinski definition) is 4. The molecule has 0 radical (unpaired) electrons. The van der Waals surface area contributed by atoms with E-state index < -0.39 is 0 Å². The fourth-order valence-electron chi connectivity index (χ4n) is 2.51. The Balaban J connectivity index is 1.65. The maximum atomic E-state index is 6.02. The van der Waals surface area contributed by atoms with Gasteiger partial charge in [0.2, 0.25) is 5.88 Å². The average molecular weight is 269 g/mol. The zero-order valence-electron chi connectivity index (χ0n) is 11.6. The van der Waals surface area contributed by atoms with E-state index in [4.69, 9.17) is 10.5 Å². The Morgan fingerprint density at radius 2 is 2.10 bits per heavy atom. The molecular weight excluding hydrogens is 250 g/mol. The predicted molar refractivity (Wildman–Crippen MR) is 81.1 cm³/mol. The summed E-state index contributed by atoms with van der Waals surface area (Å²) in [5, 5.41) is 0. The third kappa shape index (κ3) is 2.69. The lowest BCUT2D eigenvalue weighted by molar-refractivity contribution is 0.216. The average Bonchev–Trinajstić information content (AvgIpc) is 2.90. The molecule has 104 valence electrons. The molecule has 0 amide bonds. The van der Waals surface area contributed by atoms with Gasteiger partial charge in [0.25, 0.3) is 0 Å². The van der Waals surface area contributed by atoms with Crippen LogP contribution in [0.25, 0.3) is 0 Å². The smallest absolute Gasteiger partial charge is 0.213 e. The molecule has 0 bridgehead atoms. The number of anilines is 2. The predicted octanol–water partition coefficient (Wildman–Crippen LogP) is 2.63. The van der Waals surface area contributed by atoms with Gasteiger partial charge >= 0.3 is 0 Å². The lowest BCUT2D eigenvalue weighted by Crippen LogP contribution is -2.25. The highest BCUT2D eigenvalue weighted by molar-refractivity contribution is 5.67. The molecule has 2 aromatic rings. The molecule has 20 heavy (non-hydrogen) atoms. The summed E-state index contributed by atoms with van der Waals surface area (Å²) in [6, 6.07) is 11.9. The maximum absolute atomic E-state index is 6.02. The van der Waals surface area contributed by atoms with Crippen molar-refractivity contribution >= 4 is 11.4 Å². The molecule has 1 aromatic carbocycles. The lowest BCUT2D eigenvalue weighted by Gasteiger charge is -2.20. The van der Waals surface area contributed by atoms with Gasteiger partial charge in [-0.25, -0.2) is 4.98 Å². The molecule has 1 aliphatic heterocycles. The van der Waals surface area contributed by atoms with Crippen molar-refractivity contribution < 1.29 is 4.74 Å². The van der Waals surface area contributed by atoms with Gasteiger partial charge in [-0.3, -0.25) is 0 Å². The first-order chi connectivity index (χ1) is 9.72. The van der Waals surface area contributed by atoms with Gasteiger partial charge < -0.3 is 15.4 Å². The van der Waals surface area contributed by atoms with Crippen molar-refractivity contribution in [3.05, 3.63) is 48.2 Å². The van der Waals surface area contributed by atoms with Gasteiger partial charge in [0.05, 0.1) is 17.9 Å². The summed E-state index contributed by atoms with van der Waals surface area (Å²) < 4.78 is 5.93. The second-order valence-electron chi connectivity index (χ2n) is 5.21. The molecule has 1 aromatic heterocycles. The second kappa shape index (κ2) is 5.41. The first-order valence-corrected chi connectivity index (χ1v) is 6.91.